The van der Waals surface area contributed by atoms with Crippen molar-refractivity contribution in [2.45, 2.75) is 20.3 Å². The first kappa shape index (κ1) is 22.7. The van der Waals surface area contributed by atoms with Crippen molar-refractivity contribution in [3.8, 4) is 0 Å². The second kappa shape index (κ2) is 8.27. The van der Waals surface area contributed by atoms with Crippen molar-refractivity contribution >= 4 is 90.4 Å². The zero-order valence-corrected chi connectivity index (χ0v) is 24.6. The number of halogens is 4. The molecule has 3 heterocycles. The molecule has 148 valence electrons. The third-order valence-corrected chi connectivity index (χ3v) is 17.3. The van der Waals surface area contributed by atoms with Crippen LogP contribution in [0.2, 0.25) is 0 Å². The minimum Gasteiger partial charge on any atom is -1.00 e. The molecule has 0 nitrogen and oxygen atoms in total. The van der Waals surface area contributed by atoms with Gasteiger partial charge in [0.2, 0.25) is 0 Å². The van der Waals surface area contributed by atoms with Gasteiger partial charge in [-0.15, -0.1) is 0 Å². The Morgan fingerprint density at radius 2 is 1.17 bits per heavy atom. The van der Waals surface area contributed by atoms with Gasteiger partial charge in [-0.25, -0.2) is 0 Å². The molecule has 8 heteroatoms. The number of allylic oxidation sites excluding steroid dienone is 2. The summed E-state index contributed by atoms with van der Waals surface area (Å²) in [6.07, 6.45) is 4.95. The third kappa shape index (κ3) is 3.11. The fourth-order valence-corrected chi connectivity index (χ4v) is 15.8. The molecule has 0 fully saturated rings. The molecule has 2 aromatic carbocycles. The molecule has 0 radical (unpaired) electrons. The van der Waals surface area contributed by atoms with E-state index in [9.17, 15) is 0 Å². The van der Waals surface area contributed by atoms with E-state index in [1.807, 2.05) is 35.3 Å². The van der Waals surface area contributed by atoms with E-state index in [1.165, 1.54) is 38.3 Å². The van der Waals surface area contributed by atoms with Crippen molar-refractivity contribution < 1.29 is 48.0 Å². The summed E-state index contributed by atoms with van der Waals surface area (Å²) >= 11 is 12.9. The van der Waals surface area contributed by atoms with E-state index in [4.69, 9.17) is 0 Å². The second-order valence-electron chi connectivity index (χ2n) is 7.20. The molecule has 2 unspecified atom stereocenters. The first-order valence-electron chi connectivity index (χ1n) is 8.98. The van der Waals surface area contributed by atoms with Gasteiger partial charge in [-0.1, -0.05) is 0 Å². The molecule has 7 rings (SSSR count). The summed E-state index contributed by atoms with van der Waals surface area (Å²) in [6.45, 7) is 0. The van der Waals surface area contributed by atoms with E-state index in [0.29, 0.717) is 10.5 Å². The van der Waals surface area contributed by atoms with Crippen LogP contribution < -0.4 is 45.7 Å². The van der Waals surface area contributed by atoms with Crippen molar-refractivity contribution in [2.24, 2.45) is 0 Å². The van der Waals surface area contributed by atoms with Gasteiger partial charge in [-0.05, 0) is 0 Å². The molecule has 3 aliphatic heterocycles. The van der Waals surface area contributed by atoms with Gasteiger partial charge in [-0.2, -0.15) is 0 Å². The van der Waals surface area contributed by atoms with Gasteiger partial charge in [0.1, 0.15) is 0 Å². The predicted molar refractivity (Wildman–Crippen MR) is 126 cm³/mol. The van der Waals surface area contributed by atoms with Crippen LogP contribution in [0.25, 0.3) is 23.3 Å². The molecule has 30 heavy (non-hydrogen) atoms. The smallest absolute Gasteiger partial charge is 1.00 e. The average molecular weight is 692 g/mol. The molecule has 2 atom stereocenters. The van der Waals surface area contributed by atoms with Gasteiger partial charge in [0, 0.05) is 0 Å². The molecule has 2 aromatic rings. The SMILES string of the molecule is BrC1=[C]2[Zr+2][C]3=C(Br)SC4C=c5cccc(c5=C34)Sc3cccc4c3=C2C(C=4)S1.[Cl-].[Cl-]. The van der Waals surface area contributed by atoms with Gasteiger partial charge in [0.25, 0.3) is 0 Å². The Hall–Kier alpha value is 0.873. The van der Waals surface area contributed by atoms with Crippen LogP contribution in [0.4, 0.5) is 0 Å². The van der Waals surface area contributed by atoms with Gasteiger partial charge in [0.15, 0.2) is 0 Å². The van der Waals surface area contributed by atoms with Crippen LogP contribution in [0.1, 0.15) is 0 Å². The molecular weight excluding hydrogens is 682 g/mol. The van der Waals surface area contributed by atoms with Crippen molar-refractivity contribution in [3.05, 3.63) is 71.5 Å². The summed E-state index contributed by atoms with van der Waals surface area (Å²) in [7, 11) is 0. The zero-order chi connectivity index (χ0) is 18.6. The Balaban J connectivity index is 0.000000963. The predicted octanol–water partition coefficient (Wildman–Crippen LogP) is -1.81. The minimum absolute atomic E-state index is 0. The van der Waals surface area contributed by atoms with E-state index >= 15 is 0 Å². The van der Waals surface area contributed by atoms with Crippen LogP contribution in [0.5, 0.6) is 0 Å². The standard InChI is InChI=1S/C22H10Br2S3.2ClH.Zr/c23-19-9-13-17(26-19)7-11-3-1-5-15(21(11)13)25-16-6-2-4-12-8-18-14(22(12)16)10-20(24)27-18;;;/h1-8,17-18H;2*1H;/q;;;+2/p-2. The van der Waals surface area contributed by atoms with Crippen LogP contribution >= 0.6 is 67.1 Å². The van der Waals surface area contributed by atoms with E-state index in [0.717, 1.165) is 0 Å². The topological polar surface area (TPSA) is 0 Å². The molecule has 0 saturated heterocycles. The fourth-order valence-electron chi connectivity index (χ4n) is 4.65. The summed E-state index contributed by atoms with van der Waals surface area (Å²) in [5.41, 5.74) is 3.20. The van der Waals surface area contributed by atoms with Crippen molar-refractivity contribution in [1.82, 2.24) is 0 Å². The Morgan fingerprint density at radius 3 is 1.63 bits per heavy atom. The molecular formula is C22H10Br2Cl2S3Zr. The summed E-state index contributed by atoms with van der Waals surface area (Å²) in [6, 6.07) is 13.7. The average Bonchev–Trinajstić information content (AvgIpc) is 3.36. The Kier molecular flexibility index (Phi) is 6.25. The number of benzene rings is 2. The number of rotatable bonds is 0. The second-order valence-corrected chi connectivity index (χ2v) is 16.3. The normalized spacial score (nSPS) is 23.5. The van der Waals surface area contributed by atoms with Crippen LogP contribution in [-0.4, -0.2) is 10.5 Å². The maximum Gasteiger partial charge on any atom is -1.00 e. The Labute approximate surface area is 227 Å². The largest absolute Gasteiger partial charge is 1.00 e. The maximum absolute atomic E-state index is 3.96. The van der Waals surface area contributed by atoms with E-state index in [2.05, 4.69) is 80.4 Å². The fraction of sp³-hybridized carbons (Fsp3) is 0.0909. The van der Waals surface area contributed by atoms with Gasteiger partial charge < -0.3 is 24.8 Å². The maximum atomic E-state index is 3.96. The third-order valence-electron chi connectivity index (χ3n) is 5.75. The zero-order valence-electron chi connectivity index (χ0n) is 15.0. The molecule has 0 saturated carbocycles. The number of thioether (sulfide) groups is 2. The van der Waals surface area contributed by atoms with Crippen LogP contribution in [0.15, 0.2) is 60.4 Å². The number of hydrogen-bond acceptors (Lipinski definition) is 3. The van der Waals surface area contributed by atoms with Gasteiger partial charge >= 0.3 is 205 Å². The molecule has 0 aromatic heterocycles. The van der Waals surface area contributed by atoms with Crippen molar-refractivity contribution in [3.63, 3.8) is 0 Å². The summed E-state index contributed by atoms with van der Waals surface area (Å²) in [5, 5.41) is 6.80. The Bertz CT molecular complexity index is 1350. The van der Waals surface area contributed by atoms with Crippen LogP contribution in [0.3, 0.4) is 0 Å². The molecule has 0 N–H and O–H groups in total. The van der Waals surface area contributed by atoms with Gasteiger partial charge in [0.05, 0.1) is 0 Å². The minimum atomic E-state index is -0.955. The monoisotopic (exact) mass is 688 g/mol. The summed E-state index contributed by atoms with van der Waals surface area (Å²) in [4.78, 5) is 2.83. The molecule has 0 spiro atoms. The molecule has 2 aliphatic carbocycles. The number of hydrogen-bond donors (Lipinski definition) is 0. The molecule has 5 aliphatic rings. The molecule has 0 bridgehead atoms. The first-order chi connectivity index (χ1) is 13.7. The van der Waals surface area contributed by atoms with E-state index in [-0.39, 0.29) is 24.8 Å². The van der Waals surface area contributed by atoms with Crippen LogP contribution in [0, 0.1) is 0 Å². The Morgan fingerprint density at radius 1 is 0.700 bits per heavy atom. The first-order valence-corrected chi connectivity index (χ1v) is 15.6. The summed E-state index contributed by atoms with van der Waals surface area (Å²) < 4.78 is 6.07. The van der Waals surface area contributed by atoms with E-state index in [1.54, 1.807) is 17.7 Å². The van der Waals surface area contributed by atoms with E-state index < -0.39 is 23.2 Å². The summed E-state index contributed by atoms with van der Waals surface area (Å²) in [5.74, 6) is 0. The van der Waals surface area contributed by atoms with Gasteiger partial charge in [-0.3, -0.25) is 0 Å². The van der Waals surface area contributed by atoms with Crippen LogP contribution in [-0.2, 0) is 23.2 Å². The van der Waals surface area contributed by atoms with Crippen molar-refractivity contribution in [1.29, 1.82) is 0 Å². The van der Waals surface area contributed by atoms with Crippen molar-refractivity contribution in [2.75, 3.05) is 0 Å². The molecule has 0 amide bonds. The quantitative estimate of drug-likeness (QED) is 0.320.